The van der Waals surface area contributed by atoms with Gasteiger partial charge in [-0.3, -0.25) is 4.79 Å². The first-order chi connectivity index (χ1) is 11.9. The fourth-order valence-electron chi connectivity index (χ4n) is 4.67. The zero-order chi connectivity index (χ0) is 17.7. The molecule has 1 aromatic carbocycles. The molecule has 0 atom stereocenters. The van der Waals surface area contributed by atoms with Crippen molar-refractivity contribution in [2.24, 2.45) is 5.41 Å². The van der Waals surface area contributed by atoms with E-state index < -0.39 is 0 Å². The van der Waals surface area contributed by atoms with Crippen molar-refractivity contribution < 1.29 is 14.3 Å². The summed E-state index contributed by atoms with van der Waals surface area (Å²) in [6.07, 6.45) is 3.13. The number of carbonyl (C=O) groups excluding carboxylic acids is 1. The van der Waals surface area contributed by atoms with Crippen molar-refractivity contribution in [3.05, 3.63) is 30.0 Å². The quantitative estimate of drug-likeness (QED) is 0.907. The lowest BCUT2D eigenvalue weighted by Crippen LogP contribution is -2.43. The molecule has 5 nitrogen and oxygen atoms in total. The van der Waals surface area contributed by atoms with Gasteiger partial charge < -0.3 is 19.4 Å². The maximum atomic E-state index is 13.3. The molecular weight excluding hydrogens is 316 g/mol. The minimum Gasteiger partial charge on any atom is -0.496 e. The molecule has 1 spiro atoms. The van der Waals surface area contributed by atoms with Gasteiger partial charge in [-0.05, 0) is 56.7 Å². The maximum Gasteiger partial charge on any atom is 0.270 e. The highest BCUT2D eigenvalue weighted by molar-refractivity contribution is 6.00. The van der Waals surface area contributed by atoms with E-state index >= 15 is 0 Å². The molecule has 0 aliphatic carbocycles. The van der Waals surface area contributed by atoms with E-state index in [-0.39, 0.29) is 16.9 Å². The summed E-state index contributed by atoms with van der Waals surface area (Å²) in [5, 5.41) is 0.950. The van der Waals surface area contributed by atoms with Gasteiger partial charge in [0.05, 0.1) is 7.11 Å². The fraction of sp³-hybridized carbons (Fsp3) is 0.550. The molecule has 0 bridgehead atoms. The molecule has 25 heavy (non-hydrogen) atoms. The Labute approximate surface area is 148 Å². The van der Waals surface area contributed by atoms with E-state index in [1.54, 1.807) is 7.11 Å². The van der Waals surface area contributed by atoms with Crippen molar-refractivity contribution in [2.45, 2.75) is 38.6 Å². The Morgan fingerprint density at radius 2 is 2.04 bits per heavy atom. The number of aromatic nitrogens is 1. The number of methoxy groups -OCH3 is 1. The number of rotatable bonds is 2. The summed E-state index contributed by atoms with van der Waals surface area (Å²) in [4.78, 5) is 18.6. The third-order valence-electron chi connectivity index (χ3n) is 5.90. The Morgan fingerprint density at radius 3 is 2.76 bits per heavy atom. The first kappa shape index (κ1) is 16.5. The predicted octanol–water partition coefficient (Wildman–Crippen LogP) is 3.60. The van der Waals surface area contributed by atoms with Crippen molar-refractivity contribution in [1.82, 2.24) is 9.88 Å². The number of ether oxygens (including phenoxy) is 2. The second-order valence-electron chi connectivity index (χ2n) is 8.10. The maximum absolute atomic E-state index is 13.3. The minimum absolute atomic E-state index is 0.0756. The number of hydrogen-bond donors (Lipinski definition) is 1. The van der Waals surface area contributed by atoms with Gasteiger partial charge in [-0.2, -0.15) is 0 Å². The summed E-state index contributed by atoms with van der Waals surface area (Å²) in [6.45, 7) is 6.79. The van der Waals surface area contributed by atoms with Crippen LogP contribution in [0, 0.1) is 5.41 Å². The Kier molecular flexibility index (Phi) is 3.80. The second kappa shape index (κ2) is 5.77. The Bertz CT molecular complexity index is 802. The zero-order valence-electron chi connectivity index (χ0n) is 15.2. The molecule has 1 amide bonds. The Hall–Kier alpha value is -2.01. The summed E-state index contributed by atoms with van der Waals surface area (Å²) in [5.41, 5.74) is 1.63. The highest BCUT2D eigenvalue weighted by Gasteiger charge is 2.50. The summed E-state index contributed by atoms with van der Waals surface area (Å²) < 4.78 is 11.0. The number of amides is 1. The highest BCUT2D eigenvalue weighted by atomic mass is 16.5. The van der Waals surface area contributed by atoms with Gasteiger partial charge in [0.2, 0.25) is 0 Å². The number of nitrogens with zero attached hydrogens (tertiary/aromatic N) is 1. The minimum atomic E-state index is -0.143. The molecule has 1 aromatic heterocycles. The van der Waals surface area contributed by atoms with Gasteiger partial charge in [0, 0.05) is 36.2 Å². The number of aromatic amines is 1. The monoisotopic (exact) mass is 342 g/mol. The van der Waals surface area contributed by atoms with Crippen LogP contribution < -0.4 is 4.74 Å². The van der Waals surface area contributed by atoms with E-state index in [1.807, 2.05) is 24.3 Å². The topological polar surface area (TPSA) is 54.6 Å². The van der Waals surface area contributed by atoms with Crippen molar-refractivity contribution in [1.29, 1.82) is 0 Å². The summed E-state index contributed by atoms with van der Waals surface area (Å²) in [6, 6.07) is 7.75. The van der Waals surface area contributed by atoms with Crippen LogP contribution in [0.4, 0.5) is 0 Å². The van der Waals surface area contributed by atoms with E-state index in [2.05, 4.69) is 23.7 Å². The van der Waals surface area contributed by atoms with Gasteiger partial charge in [0.25, 0.3) is 5.91 Å². The standard InChI is InChI=1S/C20H26N2O3/c1-19(2)12-20(7-9-25-10-8-20)13-22(19)18(23)16-11-14-15(21-16)5-4-6-17(14)24-3/h4-6,11,21H,7-10,12-13H2,1-3H3. The zero-order valence-corrected chi connectivity index (χ0v) is 15.2. The number of carbonyl (C=O) groups is 1. The third-order valence-corrected chi connectivity index (χ3v) is 5.90. The first-order valence-corrected chi connectivity index (χ1v) is 9.00. The molecule has 3 heterocycles. The van der Waals surface area contributed by atoms with E-state index in [4.69, 9.17) is 9.47 Å². The molecular formula is C20H26N2O3. The number of hydrogen-bond acceptors (Lipinski definition) is 3. The van der Waals surface area contributed by atoms with Crippen molar-refractivity contribution in [3.8, 4) is 5.75 Å². The lowest BCUT2D eigenvalue weighted by molar-refractivity contribution is 0.0188. The first-order valence-electron chi connectivity index (χ1n) is 9.00. The van der Waals surface area contributed by atoms with E-state index in [0.29, 0.717) is 5.69 Å². The molecule has 2 aliphatic rings. The number of benzene rings is 1. The molecule has 0 radical (unpaired) electrons. The second-order valence-corrected chi connectivity index (χ2v) is 8.10. The van der Waals surface area contributed by atoms with Crippen LogP contribution in [0.3, 0.4) is 0 Å². The SMILES string of the molecule is COc1cccc2[nH]c(C(=O)N3CC4(CCOCC4)CC3(C)C)cc12. The summed E-state index contributed by atoms with van der Waals surface area (Å²) in [5.74, 6) is 0.862. The molecule has 2 aliphatic heterocycles. The van der Waals surface area contributed by atoms with Gasteiger partial charge in [-0.25, -0.2) is 0 Å². The molecule has 2 aromatic rings. The van der Waals surface area contributed by atoms with Crippen LogP contribution >= 0.6 is 0 Å². The average molecular weight is 342 g/mol. The molecule has 0 saturated carbocycles. The van der Waals surface area contributed by atoms with E-state index in [0.717, 1.165) is 55.7 Å². The average Bonchev–Trinajstić information content (AvgIpc) is 3.13. The van der Waals surface area contributed by atoms with Crippen LogP contribution in [-0.4, -0.2) is 48.2 Å². The molecule has 2 fully saturated rings. The van der Waals surface area contributed by atoms with Gasteiger partial charge in [-0.15, -0.1) is 0 Å². The number of fused-ring (bicyclic) bond motifs is 1. The van der Waals surface area contributed by atoms with Crippen molar-refractivity contribution >= 4 is 16.8 Å². The molecule has 134 valence electrons. The lowest BCUT2D eigenvalue weighted by atomic mass is 9.76. The Morgan fingerprint density at radius 1 is 1.28 bits per heavy atom. The molecule has 1 N–H and O–H groups in total. The number of nitrogens with one attached hydrogen (secondary N) is 1. The van der Waals surface area contributed by atoms with Crippen LogP contribution in [0.5, 0.6) is 5.75 Å². The molecule has 2 saturated heterocycles. The fourth-order valence-corrected chi connectivity index (χ4v) is 4.67. The third kappa shape index (κ3) is 2.71. The van der Waals surface area contributed by atoms with Crippen molar-refractivity contribution in [2.75, 3.05) is 26.9 Å². The van der Waals surface area contributed by atoms with Gasteiger partial charge in [0.15, 0.2) is 0 Å². The largest absolute Gasteiger partial charge is 0.496 e. The molecule has 4 rings (SSSR count). The normalized spacial score (nSPS) is 21.8. The molecule has 0 unspecified atom stereocenters. The molecule has 5 heteroatoms. The Balaban J connectivity index is 1.66. The van der Waals surface area contributed by atoms with Crippen LogP contribution in [0.1, 0.15) is 43.6 Å². The van der Waals surface area contributed by atoms with Crippen LogP contribution in [0.15, 0.2) is 24.3 Å². The lowest BCUT2D eigenvalue weighted by Gasteiger charge is -2.33. The van der Waals surface area contributed by atoms with Crippen LogP contribution in [0.2, 0.25) is 0 Å². The smallest absolute Gasteiger partial charge is 0.270 e. The number of likely N-dealkylation sites (tertiary alicyclic amines) is 1. The van der Waals surface area contributed by atoms with Gasteiger partial charge in [0.1, 0.15) is 11.4 Å². The summed E-state index contributed by atoms with van der Waals surface area (Å²) in [7, 11) is 1.65. The highest BCUT2D eigenvalue weighted by Crippen LogP contribution is 2.48. The van der Waals surface area contributed by atoms with Crippen LogP contribution in [-0.2, 0) is 4.74 Å². The van der Waals surface area contributed by atoms with Gasteiger partial charge >= 0.3 is 0 Å². The van der Waals surface area contributed by atoms with Crippen molar-refractivity contribution in [3.63, 3.8) is 0 Å². The van der Waals surface area contributed by atoms with Crippen LogP contribution in [0.25, 0.3) is 10.9 Å². The van der Waals surface area contributed by atoms with Gasteiger partial charge in [-0.1, -0.05) is 6.07 Å². The predicted molar refractivity (Wildman–Crippen MR) is 97.1 cm³/mol. The van der Waals surface area contributed by atoms with E-state index in [1.165, 1.54) is 0 Å². The number of H-pyrrole nitrogens is 1. The van der Waals surface area contributed by atoms with E-state index in [9.17, 15) is 4.79 Å². The summed E-state index contributed by atoms with van der Waals surface area (Å²) >= 11 is 0.